The maximum Gasteiger partial charge on any atom is 0.223 e. The van der Waals surface area contributed by atoms with Crippen molar-refractivity contribution in [1.29, 1.82) is 0 Å². The predicted molar refractivity (Wildman–Crippen MR) is 57.0 cm³/mol. The monoisotopic (exact) mass is 213 g/mol. The molecule has 1 fully saturated rings. The second-order valence-electron chi connectivity index (χ2n) is 4.08. The van der Waals surface area contributed by atoms with E-state index in [2.05, 4.69) is 17.6 Å². The first-order valence-corrected chi connectivity index (χ1v) is 5.39. The smallest absolute Gasteiger partial charge is 0.223 e. The van der Waals surface area contributed by atoms with Crippen molar-refractivity contribution in [2.24, 2.45) is 11.7 Å². The maximum atomic E-state index is 11.6. The van der Waals surface area contributed by atoms with E-state index in [-0.39, 0.29) is 24.2 Å². The van der Waals surface area contributed by atoms with E-state index in [1.807, 2.05) is 0 Å². The molecular weight excluding hydrogens is 194 g/mol. The fourth-order valence-electron chi connectivity index (χ4n) is 1.82. The van der Waals surface area contributed by atoms with Gasteiger partial charge in [-0.25, -0.2) is 0 Å². The molecule has 0 aromatic rings. The van der Waals surface area contributed by atoms with Gasteiger partial charge in [-0.1, -0.05) is 0 Å². The largest absolute Gasteiger partial charge is 0.370 e. The van der Waals surface area contributed by atoms with E-state index in [0.717, 1.165) is 19.4 Å². The lowest BCUT2D eigenvalue weighted by Crippen LogP contribution is -2.42. The quantitative estimate of drug-likeness (QED) is 0.581. The molecule has 0 bridgehead atoms. The third-order valence-electron chi connectivity index (χ3n) is 2.67. The lowest BCUT2D eigenvalue weighted by Gasteiger charge is -2.27. The maximum absolute atomic E-state index is 11.6. The van der Waals surface area contributed by atoms with Crippen LogP contribution in [0.1, 0.15) is 26.2 Å². The van der Waals surface area contributed by atoms with Gasteiger partial charge in [-0.2, -0.15) is 0 Å². The number of rotatable bonds is 4. The third kappa shape index (κ3) is 4.29. The van der Waals surface area contributed by atoms with Crippen molar-refractivity contribution < 1.29 is 9.59 Å². The highest BCUT2D eigenvalue weighted by Gasteiger charge is 2.24. The number of hydrogen-bond donors (Lipinski definition) is 3. The normalized spacial score (nSPS) is 25.9. The Morgan fingerprint density at radius 3 is 2.87 bits per heavy atom. The summed E-state index contributed by atoms with van der Waals surface area (Å²) in [5, 5.41) is 6.02. The Hall–Kier alpha value is -1.10. The van der Waals surface area contributed by atoms with E-state index in [4.69, 9.17) is 5.73 Å². The molecule has 5 nitrogen and oxygen atoms in total. The average molecular weight is 213 g/mol. The summed E-state index contributed by atoms with van der Waals surface area (Å²) in [6.45, 7) is 3.31. The van der Waals surface area contributed by atoms with E-state index in [0.29, 0.717) is 12.6 Å². The molecule has 2 unspecified atom stereocenters. The standard InChI is InChI=1S/C10H19N3O2/c1-7-6-8(2-4-12-7)10(15)13-5-3-9(11)14/h7-8,12H,2-6H2,1H3,(H2,11,14)(H,13,15). The minimum Gasteiger partial charge on any atom is -0.370 e. The second kappa shape index (κ2) is 5.70. The zero-order chi connectivity index (χ0) is 11.3. The molecule has 2 amide bonds. The van der Waals surface area contributed by atoms with Gasteiger partial charge in [0.05, 0.1) is 0 Å². The number of nitrogens with two attached hydrogens (primary N) is 1. The first kappa shape index (κ1) is 12.0. The lowest BCUT2D eigenvalue weighted by molar-refractivity contribution is -0.126. The van der Waals surface area contributed by atoms with Gasteiger partial charge < -0.3 is 16.4 Å². The highest BCUT2D eigenvalue weighted by molar-refractivity contribution is 5.80. The molecule has 5 heteroatoms. The van der Waals surface area contributed by atoms with E-state index in [1.165, 1.54) is 0 Å². The summed E-state index contributed by atoms with van der Waals surface area (Å²) in [6, 6.07) is 0.394. The Morgan fingerprint density at radius 2 is 2.27 bits per heavy atom. The van der Waals surface area contributed by atoms with Crippen LogP contribution in [-0.4, -0.2) is 30.9 Å². The van der Waals surface area contributed by atoms with Crippen molar-refractivity contribution in [3.63, 3.8) is 0 Å². The van der Waals surface area contributed by atoms with Crippen molar-refractivity contribution in [3.05, 3.63) is 0 Å². The summed E-state index contributed by atoms with van der Waals surface area (Å²) in [5.74, 6) is -0.257. The molecule has 15 heavy (non-hydrogen) atoms. The predicted octanol–water partition coefficient (Wildman–Crippen LogP) is -0.634. The van der Waals surface area contributed by atoms with Crippen LogP contribution in [0.25, 0.3) is 0 Å². The van der Waals surface area contributed by atoms with Gasteiger partial charge in [0.15, 0.2) is 0 Å². The molecule has 1 aliphatic heterocycles. The van der Waals surface area contributed by atoms with Crippen LogP contribution in [0.15, 0.2) is 0 Å². The van der Waals surface area contributed by atoms with Gasteiger partial charge in [0.25, 0.3) is 0 Å². The van der Waals surface area contributed by atoms with E-state index >= 15 is 0 Å². The summed E-state index contributed by atoms with van der Waals surface area (Å²) in [6.07, 6.45) is 1.95. The van der Waals surface area contributed by atoms with Gasteiger partial charge in [0.2, 0.25) is 11.8 Å². The van der Waals surface area contributed by atoms with Gasteiger partial charge in [-0.3, -0.25) is 9.59 Å². The molecule has 1 aliphatic rings. The minimum atomic E-state index is -0.381. The summed E-state index contributed by atoms with van der Waals surface area (Å²) in [7, 11) is 0. The Bertz CT molecular complexity index is 243. The summed E-state index contributed by atoms with van der Waals surface area (Å²) < 4.78 is 0. The highest BCUT2D eigenvalue weighted by Crippen LogP contribution is 2.15. The average Bonchev–Trinajstić information content (AvgIpc) is 2.17. The summed E-state index contributed by atoms with van der Waals surface area (Å²) in [4.78, 5) is 22.1. The van der Waals surface area contributed by atoms with E-state index in [1.54, 1.807) is 0 Å². The molecule has 0 aromatic carbocycles. The van der Waals surface area contributed by atoms with Crippen molar-refractivity contribution in [1.82, 2.24) is 10.6 Å². The molecule has 0 radical (unpaired) electrons. The van der Waals surface area contributed by atoms with Crippen LogP contribution in [0, 0.1) is 5.92 Å². The highest BCUT2D eigenvalue weighted by atomic mass is 16.2. The van der Waals surface area contributed by atoms with Gasteiger partial charge in [-0.05, 0) is 26.3 Å². The first-order valence-electron chi connectivity index (χ1n) is 5.39. The van der Waals surface area contributed by atoms with Gasteiger partial charge in [-0.15, -0.1) is 0 Å². The van der Waals surface area contributed by atoms with Crippen LogP contribution in [0.2, 0.25) is 0 Å². The Morgan fingerprint density at radius 1 is 1.53 bits per heavy atom. The van der Waals surface area contributed by atoms with Crippen LogP contribution in [0.4, 0.5) is 0 Å². The summed E-state index contributed by atoms with van der Waals surface area (Å²) >= 11 is 0. The van der Waals surface area contributed by atoms with Gasteiger partial charge in [0, 0.05) is 24.9 Å². The molecule has 86 valence electrons. The van der Waals surface area contributed by atoms with Crippen molar-refractivity contribution in [3.8, 4) is 0 Å². The molecular formula is C10H19N3O2. The topological polar surface area (TPSA) is 84.2 Å². The van der Waals surface area contributed by atoms with E-state index < -0.39 is 0 Å². The molecule has 0 spiro atoms. The third-order valence-corrected chi connectivity index (χ3v) is 2.67. The zero-order valence-electron chi connectivity index (χ0n) is 9.08. The SMILES string of the molecule is CC1CC(C(=O)NCCC(N)=O)CCN1. The van der Waals surface area contributed by atoms with Crippen LogP contribution in [0.3, 0.4) is 0 Å². The molecule has 4 N–H and O–H groups in total. The number of carbonyl (C=O) groups is 2. The fraction of sp³-hybridized carbons (Fsp3) is 0.800. The van der Waals surface area contributed by atoms with Crippen molar-refractivity contribution in [2.45, 2.75) is 32.2 Å². The van der Waals surface area contributed by atoms with Gasteiger partial charge in [0.1, 0.15) is 0 Å². The molecule has 1 heterocycles. The molecule has 0 saturated carbocycles. The van der Waals surface area contributed by atoms with Crippen LogP contribution in [0.5, 0.6) is 0 Å². The first-order chi connectivity index (χ1) is 7.09. The van der Waals surface area contributed by atoms with Crippen LogP contribution >= 0.6 is 0 Å². The molecule has 0 aromatic heterocycles. The number of piperidine rings is 1. The lowest BCUT2D eigenvalue weighted by atomic mass is 9.92. The van der Waals surface area contributed by atoms with Crippen molar-refractivity contribution >= 4 is 11.8 Å². The van der Waals surface area contributed by atoms with Crippen LogP contribution < -0.4 is 16.4 Å². The molecule has 0 aliphatic carbocycles. The second-order valence-corrected chi connectivity index (χ2v) is 4.08. The molecule has 1 saturated heterocycles. The Labute approximate surface area is 89.8 Å². The molecule has 1 rings (SSSR count). The number of carbonyl (C=O) groups excluding carboxylic acids is 2. The zero-order valence-corrected chi connectivity index (χ0v) is 9.08. The number of nitrogens with one attached hydrogen (secondary N) is 2. The van der Waals surface area contributed by atoms with Crippen molar-refractivity contribution in [2.75, 3.05) is 13.1 Å². The van der Waals surface area contributed by atoms with E-state index in [9.17, 15) is 9.59 Å². The fourth-order valence-corrected chi connectivity index (χ4v) is 1.82. The summed E-state index contributed by atoms with van der Waals surface area (Å²) in [5.41, 5.74) is 4.98. The molecule has 2 atom stereocenters. The Kier molecular flexibility index (Phi) is 4.55. The van der Waals surface area contributed by atoms with Gasteiger partial charge >= 0.3 is 0 Å². The number of amides is 2. The van der Waals surface area contributed by atoms with Crippen LogP contribution in [-0.2, 0) is 9.59 Å². The minimum absolute atomic E-state index is 0.0459. The number of hydrogen-bond acceptors (Lipinski definition) is 3. The number of primary amides is 1. The Balaban J connectivity index is 2.24.